The maximum Gasteiger partial charge on any atom is 0.289 e. The van der Waals surface area contributed by atoms with Crippen molar-refractivity contribution >= 4 is 17.7 Å². The summed E-state index contributed by atoms with van der Waals surface area (Å²) in [5.41, 5.74) is 0. The fourth-order valence-electron chi connectivity index (χ4n) is 4.03. The van der Waals surface area contributed by atoms with E-state index in [0.29, 0.717) is 31.9 Å². The zero-order valence-corrected chi connectivity index (χ0v) is 16.1. The third-order valence-corrected chi connectivity index (χ3v) is 5.63. The molecule has 2 heterocycles. The van der Waals surface area contributed by atoms with E-state index in [1.165, 1.54) is 19.1 Å². The van der Waals surface area contributed by atoms with E-state index in [4.69, 9.17) is 4.42 Å². The van der Waals surface area contributed by atoms with Gasteiger partial charge in [0.05, 0.1) is 12.8 Å². The molecule has 0 unspecified atom stereocenters. The number of carbonyl (C=O) groups excluding carboxylic acids is 3. The number of hydrogen-bond acceptors (Lipinski definition) is 4. The maximum absolute atomic E-state index is 12.8. The second kappa shape index (κ2) is 9.06. The number of furan rings is 1. The molecule has 2 aliphatic rings. The molecule has 148 valence electrons. The topological polar surface area (TPSA) is 74.1 Å². The largest absolute Gasteiger partial charge is 0.459 e. The molecule has 3 rings (SSSR count). The van der Waals surface area contributed by atoms with Crippen LogP contribution < -0.4 is 0 Å². The first-order chi connectivity index (χ1) is 13.1. The van der Waals surface area contributed by atoms with Crippen LogP contribution in [0.2, 0.25) is 0 Å². The SMILES string of the molecule is CC(=O)N(CC(=O)N1CCN(C(=O)c2ccco2)CC1)C1CCCCCC1. The van der Waals surface area contributed by atoms with Crippen LogP contribution in [0.4, 0.5) is 0 Å². The molecule has 7 nitrogen and oxygen atoms in total. The van der Waals surface area contributed by atoms with Gasteiger partial charge in [-0.2, -0.15) is 0 Å². The summed E-state index contributed by atoms with van der Waals surface area (Å²) in [6.07, 6.45) is 8.11. The Hall–Kier alpha value is -2.31. The fourth-order valence-corrected chi connectivity index (χ4v) is 4.03. The molecule has 3 amide bonds. The number of carbonyl (C=O) groups is 3. The molecule has 1 saturated heterocycles. The molecule has 1 aromatic rings. The monoisotopic (exact) mass is 375 g/mol. The molecule has 1 saturated carbocycles. The minimum Gasteiger partial charge on any atom is -0.459 e. The van der Waals surface area contributed by atoms with Crippen molar-refractivity contribution < 1.29 is 18.8 Å². The van der Waals surface area contributed by atoms with E-state index < -0.39 is 0 Å². The van der Waals surface area contributed by atoms with E-state index in [9.17, 15) is 14.4 Å². The van der Waals surface area contributed by atoms with Crippen LogP contribution in [-0.4, -0.2) is 71.2 Å². The third-order valence-electron chi connectivity index (χ3n) is 5.63. The van der Waals surface area contributed by atoms with Gasteiger partial charge in [-0.15, -0.1) is 0 Å². The Bertz CT molecular complexity index is 642. The summed E-state index contributed by atoms with van der Waals surface area (Å²) < 4.78 is 5.16. The molecule has 1 aliphatic heterocycles. The van der Waals surface area contributed by atoms with Crippen molar-refractivity contribution in [2.24, 2.45) is 0 Å². The minimum atomic E-state index is -0.143. The molecule has 0 atom stereocenters. The van der Waals surface area contributed by atoms with E-state index >= 15 is 0 Å². The molecular weight excluding hydrogens is 346 g/mol. The van der Waals surface area contributed by atoms with E-state index in [1.54, 1.807) is 33.8 Å². The summed E-state index contributed by atoms with van der Waals surface area (Å²) in [5, 5.41) is 0. The predicted molar refractivity (Wildman–Crippen MR) is 100 cm³/mol. The number of hydrogen-bond donors (Lipinski definition) is 0. The molecule has 1 aliphatic carbocycles. The summed E-state index contributed by atoms with van der Waals surface area (Å²) in [6, 6.07) is 3.52. The van der Waals surface area contributed by atoms with Crippen LogP contribution in [-0.2, 0) is 9.59 Å². The number of rotatable bonds is 4. The zero-order chi connectivity index (χ0) is 19.2. The molecule has 2 fully saturated rings. The lowest BCUT2D eigenvalue weighted by molar-refractivity contribution is -0.142. The van der Waals surface area contributed by atoms with Crippen LogP contribution in [0, 0.1) is 0 Å². The van der Waals surface area contributed by atoms with Crippen molar-refractivity contribution in [2.45, 2.75) is 51.5 Å². The predicted octanol–water partition coefficient (Wildman–Crippen LogP) is 2.14. The van der Waals surface area contributed by atoms with Gasteiger partial charge in [0, 0.05) is 39.1 Å². The van der Waals surface area contributed by atoms with Gasteiger partial charge in [0.2, 0.25) is 11.8 Å². The van der Waals surface area contributed by atoms with Crippen molar-refractivity contribution in [3.05, 3.63) is 24.2 Å². The molecule has 0 spiro atoms. The highest BCUT2D eigenvalue weighted by Crippen LogP contribution is 2.22. The van der Waals surface area contributed by atoms with Crippen LogP contribution in [0.5, 0.6) is 0 Å². The second-order valence-electron chi connectivity index (χ2n) is 7.44. The van der Waals surface area contributed by atoms with Crippen LogP contribution in [0.3, 0.4) is 0 Å². The second-order valence-corrected chi connectivity index (χ2v) is 7.44. The van der Waals surface area contributed by atoms with Gasteiger partial charge in [0.25, 0.3) is 5.91 Å². The van der Waals surface area contributed by atoms with Crippen molar-refractivity contribution in [2.75, 3.05) is 32.7 Å². The maximum atomic E-state index is 12.8. The van der Waals surface area contributed by atoms with Crippen molar-refractivity contribution in [1.82, 2.24) is 14.7 Å². The number of piperazine rings is 1. The fraction of sp³-hybridized carbons (Fsp3) is 0.650. The van der Waals surface area contributed by atoms with E-state index in [1.807, 2.05) is 0 Å². The smallest absolute Gasteiger partial charge is 0.289 e. The van der Waals surface area contributed by atoms with E-state index in [2.05, 4.69) is 0 Å². The zero-order valence-electron chi connectivity index (χ0n) is 16.1. The molecule has 0 N–H and O–H groups in total. The van der Waals surface area contributed by atoms with Crippen LogP contribution in [0.15, 0.2) is 22.8 Å². The molecule has 0 bridgehead atoms. The first-order valence-corrected chi connectivity index (χ1v) is 9.94. The molecule has 0 aromatic carbocycles. The lowest BCUT2D eigenvalue weighted by Crippen LogP contribution is -2.54. The highest BCUT2D eigenvalue weighted by molar-refractivity contribution is 5.91. The highest BCUT2D eigenvalue weighted by Gasteiger charge is 2.29. The van der Waals surface area contributed by atoms with Crippen LogP contribution in [0.1, 0.15) is 56.0 Å². The molecule has 7 heteroatoms. The highest BCUT2D eigenvalue weighted by atomic mass is 16.3. The Morgan fingerprint density at radius 2 is 1.67 bits per heavy atom. The van der Waals surface area contributed by atoms with Gasteiger partial charge < -0.3 is 19.1 Å². The Labute approximate surface area is 160 Å². The van der Waals surface area contributed by atoms with Gasteiger partial charge in [0.1, 0.15) is 0 Å². The lowest BCUT2D eigenvalue weighted by Gasteiger charge is -2.37. The van der Waals surface area contributed by atoms with Crippen LogP contribution >= 0.6 is 0 Å². The summed E-state index contributed by atoms with van der Waals surface area (Å²) in [7, 11) is 0. The van der Waals surface area contributed by atoms with Crippen molar-refractivity contribution in [3.63, 3.8) is 0 Å². The van der Waals surface area contributed by atoms with E-state index in [-0.39, 0.29) is 30.3 Å². The standard InChI is InChI=1S/C20H29N3O4/c1-16(24)23(17-7-4-2-3-5-8-17)15-19(25)21-10-12-22(13-11-21)20(26)18-9-6-14-27-18/h6,9,14,17H,2-5,7-8,10-13,15H2,1H3. The average molecular weight is 375 g/mol. The van der Waals surface area contributed by atoms with Gasteiger partial charge in [-0.3, -0.25) is 14.4 Å². The van der Waals surface area contributed by atoms with Crippen molar-refractivity contribution in [3.8, 4) is 0 Å². The van der Waals surface area contributed by atoms with Gasteiger partial charge in [0.15, 0.2) is 5.76 Å². The quantitative estimate of drug-likeness (QED) is 0.756. The first kappa shape index (κ1) is 19.5. The Kier molecular flexibility index (Phi) is 6.53. The molecular formula is C20H29N3O4. The summed E-state index contributed by atoms with van der Waals surface area (Å²) in [6.45, 7) is 3.64. The number of amides is 3. The summed E-state index contributed by atoms with van der Waals surface area (Å²) >= 11 is 0. The average Bonchev–Trinajstić information content (AvgIpc) is 3.08. The minimum absolute atomic E-state index is 0.0260. The normalized spacial score (nSPS) is 18.9. The van der Waals surface area contributed by atoms with Gasteiger partial charge in [-0.05, 0) is 25.0 Å². The Morgan fingerprint density at radius 1 is 1.04 bits per heavy atom. The van der Waals surface area contributed by atoms with E-state index in [0.717, 1.165) is 25.7 Å². The molecule has 27 heavy (non-hydrogen) atoms. The van der Waals surface area contributed by atoms with Crippen LogP contribution in [0.25, 0.3) is 0 Å². The van der Waals surface area contributed by atoms with Gasteiger partial charge in [-0.1, -0.05) is 25.7 Å². The summed E-state index contributed by atoms with van der Waals surface area (Å²) in [5.74, 6) is 0.128. The Balaban J connectivity index is 1.53. The third kappa shape index (κ3) is 4.90. The first-order valence-electron chi connectivity index (χ1n) is 9.94. The van der Waals surface area contributed by atoms with Gasteiger partial charge >= 0.3 is 0 Å². The lowest BCUT2D eigenvalue weighted by atomic mass is 10.1. The Morgan fingerprint density at radius 3 is 2.22 bits per heavy atom. The molecule has 0 radical (unpaired) electrons. The summed E-state index contributed by atoms with van der Waals surface area (Å²) in [4.78, 5) is 42.4. The van der Waals surface area contributed by atoms with Crippen molar-refractivity contribution in [1.29, 1.82) is 0 Å². The van der Waals surface area contributed by atoms with Gasteiger partial charge in [-0.25, -0.2) is 0 Å². The number of nitrogens with zero attached hydrogens (tertiary/aromatic N) is 3. The molecule has 1 aromatic heterocycles.